The molecule has 3 heterocycles. The molecule has 4 rings (SSSR count). The topological polar surface area (TPSA) is 63.2 Å². The van der Waals surface area contributed by atoms with Crippen LogP contribution in [0.3, 0.4) is 0 Å². The van der Waals surface area contributed by atoms with Gasteiger partial charge in [-0.1, -0.05) is 17.7 Å². The number of aromatic nitrogens is 2. The van der Waals surface area contributed by atoms with E-state index < -0.39 is 9.84 Å². The molecule has 27 heavy (non-hydrogen) atoms. The number of benzene rings is 1. The van der Waals surface area contributed by atoms with Gasteiger partial charge in [0, 0.05) is 12.4 Å². The van der Waals surface area contributed by atoms with E-state index in [1.54, 1.807) is 24.5 Å². The predicted molar refractivity (Wildman–Crippen MR) is 106 cm³/mol. The average molecular weight is 379 g/mol. The highest BCUT2D eigenvalue weighted by Gasteiger charge is 2.38. The van der Waals surface area contributed by atoms with E-state index in [4.69, 9.17) is 0 Å². The van der Waals surface area contributed by atoms with Crippen LogP contribution in [-0.2, 0) is 9.84 Å². The summed E-state index contributed by atoms with van der Waals surface area (Å²) in [5.74, 6) is 0.805. The summed E-state index contributed by atoms with van der Waals surface area (Å²) in [5, 5.41) is 0. The van der Waals surface area contributed by atoms with Crippen LogP contribution in [0.25, 0.3) is 0 Å². The Hall–Kier alpha value is -2.73. The van der Waals surface area contributed by atoms with E-state index >= 15 is 0 Å². The van der Waals surface area contributed by atoms with Gasteiger partial charge >= 0.3 is 0 Å². The summed E-state index contributed by atoms with van der Waals surface area (Å²) < 4.78 is 26.6. The molecule has 0 bridgehead atoms. The van der Waals surface area contributed by atoms with Crippen molar-refractivity contribution in [2.45, 2.75) is 44.4 Å². The van der Waals surface area contributed by atoms with Gasteiger partial charge in [-0.15, -0.1) is 0 Å². The molecule has 2 aromatic heterocycles. The first-order valence-electron chi connectivity index (χ1n) is 8.76. The van der Waals surface area contributed by atoms with Gasteiger partial charge in [0.05, 0.1) is 5.69 Å². The van der Waals surface area contributed by atoms with Crippen LogP contribution in [0.15, 0.2) is 46.5 Å². The first-order valence-corrected chi connectivity index (χ1v) is 10.2. The summed E-state index contributed by atoms with van der Waals surface area (Å²) in [5.41, 5.74) is 5.79. The monoisotopic (exact) mass is 379 g/mol. The predicted octanol–water partition coefficient (Wildman–Crippen LogP) is 4.63. The van der Waals surface area contributed by atoms with Crippen molar-refractivity contribution in [3.05, 3.63) is 64.5 Å². The summed E-state index contributed by atoms with van der Waals surface area (Å²) >= 11 is 0. The SMILES string of the molecule is Cc1cc(C)c(N2c3ncc(C)cc3S(=O)(=O)c3cc(C)cnc32)c(C)c1. The van der Waals surface area contributed by atoms with Crippen molar-refractivity contribution in [3.8, 4) is 0 Å². The summed E-state index contributed by atoms with van der Waals surface area (Å²) in [4.78, 5) is 11.3. The molecule has 0 fully saturated rings. The minimum atomic E-state index is -3.69. The molecular weight excluding hydrogens is 358 g/mol. The van der Waals surface area contributed by atoms with Gasteiger partial charge in [0.2, 0.25) is 9.84 Å². The highest BCUT2D eigenvalue weighted by Crippen LogP contribution is 2.48. The Bertz CT molecular complexity index is 1120. The number of anilines is 3. The van der Waals surface area contributed by atoms with E-state index in [0.717, 1.165) is 33.5 Å². The van der Waals surface area contributed by atoms with Gasteiger partial charge < -0.3 is 0 Å². The third kappa shape index (κ3) is 2.63. The van der Waals surface area contributed by atoms with Crippen LogP contribution in [-0.4, -0.2) is 18.4 Å². The van der Waals surface area contributed by atoms with Crippen LogP contribution >= 0.6 is 0 Å². The maximum Gasteiger partial charge on any atom is 0.213 e. The zero-order valence-corrected chi connectivity index (χ0v) is 16.8. The fourth-order valence-corrected chi connectivity index (χ4v) is 5.45. The summed E-state index contributed by atoms with van der Waals surface area (Å²) in [6.07, 6.45) is 3.39. The van der Waals surface area contributed by atoms with Gasteiger partial charge in [0.25, 0.3) is 0 Å². The molecule has 0 atom stereocenters. The fraction of sp³-hybridized carbons (Fsp3) is 0.238. The molecular formula is C21H21N3O2S. The Morgan fingerprint density at radius 2 is 1.15 bits per heavy atom. The second-order valence-corrected chi connectivity index (χ2v) is 9.14. The first kappa shape index (κ1) is 17.7. The molecule has 0 saturated heterocycles. The molecule has 1 aromatic carbocycles. The van der Waals surface area contributed by atoms with Crippen LogP contribution in [0, 0.1) is 34.6 Å². The Balaban J connectivity index is 2.14. The molecule has 6 heteroatoms. The maximum absolute atomic E-state index is 13.3. The first-order chi connectivity index (χ1) is 12.7. The molecule has 0 amide bonds. The summed E-state index contributed by atoms with van der Waals surface area (Å²) in [6, 6.07) is 7.56. The maximum atomic E-state index is 13.3. The number of sulfone groups is 1. The van der Waals surface area contributed by atoms with Gasteiger partial charge in [-0.2, -0.15) is 0 Å². The normalized spacial score (nSPS) is 14.6. The Morgan fingerprint density at radius 1 is 0.704 bits per heavy atom. The lowest BCUT2D eigenvalue weighted by Gasteiger charge is -2.33. The zero-order valence-electron chi connectivity index (χ0n) is 16.0. The molecule has 0 saturated carbocycles. The minimum Gasteiger partial charge on any atom is -0.276 e. The molecule has 0 radical (unpaired) electrons. The van der Waals surface area contributed by atoms with Crippen molar-refractivity contribution in [3.63, 3.8) is 0 Å². The molecule has 0 N–H and O–H groups in total. The number of rotatable bonds is 1. The highest BCUT2D eigenvalue weighted by atomic mass is 32.2. The number of hydrogen-bond acceptors (Lipinski definition) is 5. The van der Waals surface area contributed by atoms with Gasteiger partial charge in [-0.05, 0) is 69.0 Å². The van der Waals surface area contributed by atoms with Crippen molar-refractivity contribution in [1.29, 1.82) is 0 Å². The lowest BCUT2D eigenvalue weighted by molar-refractivity contribution is 0.593. The van der Waals surface area contributed by atoms with Crippen LogP contribution in [0.5, 0.6) is 0 Å². The molecule has 3 aromatic rings. The van der Waals surface area contributed by atoms with Crippen LogP contribution in [0.2, 0.25) is 0 Å². The molecule has 5 nitrogen and oxygen atoms in total. The number of nitrogens with zero attached hydrogens (tertiary/aromatic N) is 3. The zero-order chi connectivity index (χ0) is 19.5. The van der Waals surface area contributed by atoms with Gasteiger partial charge in [-0.3, -0.25) is 4.90 Å². The van der Waals surface area contributed by atoms with E-state index in [-0.39, 0.29) is 9.79 Å². The van der Waals surface area contributed by atoms with Crippen molar-refractivity contribution < 1.29 is 8.42 Å². The second-order valence-electron chi connectivity index (χ2n) is 7.25. The number of hydrogen-bond donors (Lipinski definition) is 0. The number of pyridine rings is 2. The van der Waals surface area contributed by atoms with Gasteiger partial charge in [0.15, 0.2) is 11.6 Å². The average Bonchev–Trinajstić information content (AvgIpc) is 2.58. The summed E-state index contributed by atoms with van der Waals surface area (Å²) in [6.45, 7) is 9.80. The lowest BCUT2D eigenvalue weighted by Crippen LogP contribution is -2.26. The van der Waals surface area contributed by atoms with Crippen LogP contribution in [0.1, 0.15) is 27.8 Å². The second kappa shape index (κ2) is 5.89. The number of aryl methyl sites for hydroxylation is 5. The van der Waals surface area contributed by atoms with Crippen molar-refractivity contribution >= 4 is 27.2 Å². The Kier molecular flexibility index (Phi) is 3.85. The van der Waals surface area contributed by atoms with E-state index in [2.05, 4.69) is 29.0 Å². The van der Waals surface area contributed by atoms with E-state index in [0.29, 0.717) is 11.6 Å². The summed E-state index contributed by atoms with van der Waals surface area (Å²) in [7, 11) is -3.69. The molecule has 0 spiro atoms. The molecule has 0 unspecified atom stereocenters. The largest absolute Gasteiger partial charge is 0.276 e. The van der Waals surface area contributed by atoms with E-state index in [1.807, 2.05) is 32.6 Å². The highest BCUT2D eigenvalue weighted by molar-refractivity contribution is 7.92. The van der Waals surface area contributed by atoms with Gasteiger partial charge in [-0.25, -0.2) is 18.4 Å². The number of fused-ring (bicyclic) bond motifs is 2. The Labute approximate surface area is 159 Å². The quantitative estimate of drug-likeness (QED) is 0.482. The molecule has 0 aliphatic carbocycles. The standard InChI is InChI=1S/C21H21N3O2S/c1-12-6-15(4)19(16(5)7-12)24-20-17(8-13(2)10-22-20)27(25,26)18-9-14(3)11-23-21(18)24/h6-11H,1-5H3. The van der Waals surface area contributed by atoms with Crippen molar-refractivity contribution in [2.75, 3.05) is 4.90 Å². The Morgan fingerprint density at radius 3 is 1.59 bits per heavy atom. The lowest BCUT2D eigenvalue weighted by atomic mass is 10.0. The third-order valence-electron chi connectivity index (χ3n) is 4.80. The smallest absolute Gasteiger partial charge is 0.213 e. The third-order valence-corrected chi connectivity index (χ3v) is 6.56. The van der Waals surface area contributed by atoms with Gasteiger partial charge in [0.1, 0.15) is 9.79 Å². The van der Waals surface area contributed by atoms with Crippen LogP contribution < -0.4 is 4.90 Å². The fourth-order valence-electron chi connectivity index (χ4n) is 3.76. The van der Waals surface area contributed by atoms with Crippen LogP contribution in [0.4, 0.5) is 17.3 Å². The minimum absolute atomic E-state index is 0.224. The van der Waals surface area contributed by atoms with Crippen molar-refractivity contribution in [2.24, 2.45) is 0 Å². The molecule has 1 aliphatic heterocycles. The van der Waals surface area contributed by atoms with Crippen molar-refractivity contribution in [1.82, 2.24) is 9.97 Å². The molecule has 138 valence electrons. The van der Waals surface area contributed by atoms with E-state index in [9.17, 15) is 8.42 Å². The molecule has 1 aliphatic rings. The van der Waals surface area contributed by atoms with E-state index in [1.165, 1.54) is 0 Å².